The molecule has 3 aromatic rings. The number of amides is 1. The largest absolute Gasteiger partial charge is 0.496 e. The van der Waals surface area contributed by atoms with E-state index in [0.717, 1.165) is 12.8 Å². The number of rotatable bonds is 9. The van der Waals surface area contributed by atoms with Crippen LogP contribution in [0.25, 0.3) is 16.6 Å². The average molecular weight is 457 g/mol. The molecular formula is C24H25F2N3O4. The fourth-order valence-electron chi connectivity index (χ4n) is 3.77. The Morgan fingerprint density at radius 1 is 1.24 bits per heavy atom. The average Bonchev–Trinajstić information content (AvgIpc) is 3.47. The molecule has 2 aromatic heterocycles. The second-order valence-corrected chi connectivity index (χ2v) is 8.80. The van der Waals surface area contributed by atoms with Crippen molar-refractivity contribution < 1.29 is 27.8 Å². The predicted octanol–water partition coefficient (Wildman–Crippen LogP) is 4.36. The molecule has 1 aliphatic rings. The molecule has 2 N–H and O–H groups in total. The summed E-state index contributed by atoms with van der Waals surface area (Å²) in [6, 6.07) is 6.57. The van der Waals surface area contributed by atoms with E-state index in [9.17, 15) is 18.4 Å². The minimum atomic E-state index is -3.10. The molecule has 0 atom stereocenters. The maximum Gasteiger partial charge on any atom is 0.387 e. The van der Waals surface area contributed by atoms with Crippen molar-refractivity contribution in [3.63, 3.8) is 0 Å². The second-order valence-electron chi connectivity index (χ2n) is 8.80. The highest BCUT2D eigenvalue weighted by molar-refractivity contribution is 6.02. The van der Waals surface area contributed by atoms with Gasteiger partial charge in [-0.1, -0.05) is 6.07 Å². The number of halogens is 2. The van der Waals surface area contributed by atoms with Crippen LogP contribution < -0.4 is 15.2 Å². The number of carbonyl (C=O) groups excluding carboxylic acids is 2. The fraction of sp³-hybridized carbons (Fsp3) is 0.375. The van der Waals surface area contributed by atoms with E-state index >= 15 is 0 Å². The molecule has 7 nitrogen and oxygen atoms in total. The van der Waals surface area contributed by atoms with Crippen LogP contribution in [0, 0.1) is 5.92 Å². The second kappa shape index (κ2) is 8.46. The number of hydrogen-bond acceptors (Lipinski definition) is 5. The highest BCUT2D eigenvalue weighted by Crippen LogP contribution is 2.41. The zero-order chi connectivity index (χ0) is 23.9. The van der Waals surface area contributed by atoms with Gasteiger partial charge in [0.05, 0.1) is 24.2 Å². The summed E-state index contributed by atoms with van der Waals surface area (Å²) >= 11 is 0. The first-order valence-corrected chi connectivity index (χ1v) is 10.6. The predicted molar refractivity (Wildman–Crippen MR) is 118 cm³/mol. The molecule has 174 valence electrons. The van der Waals surface area contributed by atoms with Crippen molar-refractivity contribution in [1.29, 1.82) is 0 Å². The Hall–Kier alpha value is -3.49. The number of Topliss-reactive ketones (excluding diaryl/α,β-unsaturated/α-hetero) is 1. The summed E-state index contributed by atoms with van der Waals surface area (Å²) in [6.07, 6.45) is 5.45. The van der Waals surface area contributed by atoms with Gasteiger partial charge in [-0.05, 0) is 61.9 Å². The number of pyridine rings is 1. The molecule has 1 aromatic carbocycles. The van der Waals surface area contributed by atoms with Gasteiger partial charge in [0.25, 0.3) is 0 Å². The molecule has 1 amide bonds. The molecule has 9 heteroatoms. The van der Waals surface area contributed by atoms with Crippen LogP contribution in [-0.4, -0.2) is 35.0 Å². The molecule has 2 heterocycles. The molecule has 0 bridgehead atoms. The van der Waals surface area contributed by atoms with Gasteiger partial charge in [0.1, 0.15) is 17.1 Å². The minimum absolute atomic E-state index is 0.0235. The Morgan fingerprint density at radius 2 is 1.94 bits per heavy atom. The van der Waals surface area contributed by atoms with Crippen molar-refractivity contribution in [3.8, 4) is 22.6 Å². The number of carbonyl (C=O) groups is 2. The molecule has 0 unspecified atom stereocenters. The van der Waals surface area contributed by atoms with Crippen molar-refractivity contribution in [2.45, 2.75) is 45.1 Å². The number of nitrogens with two attached hydrogens (primary N) is 1. The van der Waals surface area contributed by atoms with Gasteiger partial charge in [0, 0.05) is 18.2 Å². The number of primary amides is 1. The maximum absolute atomic E-state index is 13.2. The quantitative estimate of drug-likeness (QED) is 0.482. The Kier molecular flexibility index (Phi) is 5.82. The molecule has 0 spiro atoms. The number of methoxy groups -OCH3 is 1. The Morgan fingerprint density at radius 3 is 2.55 bits per heavy atom. The van der Waals surface area contributed by atoms with Crippen molar-refractivity contribution in [3.05, 3.63) is 47.8 Å². The number of aromatic nitrogens is 2. The van der Waals surface area contributed by atoms with E-state index < -0.39 is 17.9 Å². The fourth-order valence-corrected chi connectivity index (χ4v) is 3.77. The van der Waals surface area contributed by atoms with Gasteiger partial charge < -0.3 is 15.2 Å². The van der Waals surface area contributed by atoms with E-state index in [1.807, 2.05) is 0 Å². The number of hydrogen-bond donors (Lipinski definition) is 1. The Balaban J connectivity index is 1.81. The number of benzene rings is 1. The minimum Gasteiger partial charge on any atom is -0.496 e. The van der Waals surface area contributed by atoms with Crippen LogP contribution in [0.5, 0.6) is 11.5 Å². The number of ether oxygens (including phenoxy) is 2. The summed E-state index contributed by atoms with van der Waals surface area (Å²) in [5.74, 6) is -0.538. The third-order valence-corrected chi connectivity index (χ3v) is 6.12. The van der Waals surface area contributed by atoms with Crippen molar-refractivity contribution >= 4 is 17.2 Å². The van der Waals surface area contributed by atoms with Crippen LogP contribution in [0.2, 0.25) is 0 Å². The van der Waals surface area contributed by atoms with Gasteiger partial charge in [-0.15, -0.1) is 0 Å². The monoisotopic (exact) mass is 457 g/mol. The molecule has 0 saturated heterocycles. The standard InChI is InChI=1S/C24H25F2N3O4/c1-24(2,22(27)31)15-6-7-17-16(11-28-29(17)12-15)14-9-19(32-3)21(18(30)8-13-4-5-13)20(10-14)33-23(25)26/h6-7,9-13,23H,4-5,8H2,1-3H3,(H2,27,31). The van der Waals surface area contributed by atoms with Crippen LogP contribution in [0.1, 0.15) is 49.0 Å². The lowest BCUT2D eigenvalue weighted by atomic mass is 9.85. The highest BCUT2D eigenvalue weighted by Gasteiger charge is 2.30. The molecule has 1 fully saturated rings. The van der Waals surface area contributed by atoms with Crippen LogP contribution in [0.15, 0.2) is 36.7 Å². The molecular weight excluding hydrogens is 432 g/mol. The molecule has 1 aliphatic carbocycles. The molecule has 0 aliphatic heterocycles. The summed E-state index contributed by atoms with van der Waals surface area (Å²) in [7, 11) is 1.38. The number of fused-ring (bicyclic) bond motifs is 1. The summed E-state index contributed by atoms with van der Waals surface area (Å²) < 4.78 is 38.1. The first-order valence-electron chi connectivity index (χ1n) is 10.6. The van der Waals surface area contributed by atoms with Crippen molar-refractivity contribution in [2.75, 3.05) is 7.11 Å². The van der Waals surface area contributed by atoms with Crippen LogP contribution >= 0.6 is 0 Å². The Labute approximate surface area is 189 Å². The van der Waals surface area contributed by atoms with Gasteiger partial charge in [-0.2, -0.15) is 13.9 Å². The summed E-state index contributed by atoms with van der Waals surface area (Å²) in [5.41, 5.74) is 7.11. The van der Waals surface area contributed by atoms with E-state index in [2.05, 4.69) is 5.10 Å². The third-order valence-electron chi connectivity index (χ3n) is 6.12. The smallest absolute Gasteiger partial charge is 0.387 e. The topological polar surface area (TPSA) is 95.9 Å². The molecule has 33 heavy (non-hydrogen) atoms. The van der Waals surface area contributed by atoms with Gasteiger partial charge >= 0.3 is 6.61 Å². The zero-order valence-corrected chi connectivity index (χ0v) is 18.6. The normalized spacial score (nSPS) is 14.0. The van der Waals surface area contributed by atoms with Gasteiger partial charge in [0.15, 0.2) is 5.78 Å². The summed E-state index contributed by atoms with van der Waals surface area (Å²) in [6.45, 7) is 0.341. The van der Waals surface area contributed by atoms with Gasteiger partial charge in [0.2, 0.25) is 5.91 Å². The molecule has 1 saturated carbocycles. The SMILES string of the molecule is COc1cc(-c2cnn3cc(C(C)(C)C(N)=O)ccc23)cc(OC(F)F)c1C(=O)CC1CC1. The maximum atomic E-state index is 13.2. The third kappa shape index (κ3) is 4.40. The first-order chi connectivity index (χ1) is 15.6. The number of alkyl halides is 2. The summed E-state index contributed by atoms with van der Waals surface area (Å²) in [4.78, 5) is 24.6. The lowest BCUT2D eigenvalue weighted by Crippen LogP contribution is -2.35. The summed E-state index contributed by atoms with van der Waals surface area (Å²) in [5, 5.41) is 4.35. The van der Waals surface area contributed by atoms with Crippen molar-refractivity contribution in [1.82, 2.24) is 9.61 Å². The highest BCUT2D eigenvalue weighted by atomic mass is 19.3. The number of ketones is 1. The van der Waals surface area contributed by atoms with Crippen LogP contribution in [0.4, 0.5) is 8.78 Å². The lowest BCUT2D eigenvalue weighted by Gasteiger charge is -2.20. The Bertz CT molecular complexity index is 1230. The van der Waals surface area contributed by atoms with Gasteiger partial charge in [-0.3, -0.25) is 9.59 Å². The van der Waals surface area contributed by atoms with E-state index in [1.54, 1.807) is 49.0 Å². The first kappa shape index (κ1) is 22.7. The van der Waals surface area contributed by atoms with Crippen LogP contribution in [0.3, 0.4) is 0 Å². The van der Waals surface area contributed by atoms with Gasteiger partial charge in [-0.25, -0.2) is 4.52 Å². The lowest BCUT2D eigenvalue weighted by molar-refractivity contribution is -0.122. The van der Waals surface area contributed by atoms with Crippen molar-refractivity contribution in [2.24, 2.45) is 11.7 Å². The van der Waals surface area contributed by atoms with Crippen LogP contribution in [-0.2, 0) is 10.2 Å². The van der Waals surface area contributed by atoms with E-state index in [-0.39, 0.29) is 35.2 Å². The number of nitrogens with zero attached hydrogens (tertiary/aromatic N) is 2. The zero-order valence-electron chi connectivity index (χ0n) is 18.6. The van der Waals surface area contributed by atoms with E-state index in [1.165, 1.54) is 13.2 Å². The molecule has 4 rings (SSSR count). The van der Waals surface area contributed by atoms with E-state index in [4.69, 9.17) is 15.2 Å². The van der Waals surface area contributed by atoms with E-state index in [0.29, 0.717) is 22.2 Å². The molecule has 0 radical (unpaired) electrons.